The van der Waals surface area contributed by atoms with Crippen molar-refractivity contribution in [1.82, 2.24) is 0 Å². The van der Waals surface area contributed by atoms with Gasteiger partial charge in [0, 0.05) is 7.18 Å². The van der Waals surface area contributed by atoms with Gasteiger partial charge in [0.05, 0.1) is 14.4 Å². The van der Waals surface area contributed by atoms with Gasteiger partial charge in [-0.15, -0.1) is 9.24 Å². The summed E-state index contributed by atoms with van der Waals surface area (Å²) in [5.41, 5.74) is 0. The quantitative estimate of drug-likeness (QED) is 0.574. The topological polar surface area (TPSA) is 26.3 Å². The molecule has 0 aliphatic heterocycles. The molecule has 0 saturated carbocycles. The predicted octanol–water partition coefficient (Wildman–Crippen LogP) is 1.58. The van der Waals surface area contributed by atoms with Crippen LogP contribution in [0.15, 0.2) is 0 Å². The first-order valence-corrected chi connectivity index (χ1v) is 6.90. The second-order valence-electron chi connectivity index (χ2n) is 1.65. The molecule has 4 atom stereocenters. The van der Waals surface area contributed by atoms with E-state index in [1.54, 1.807) is 0 Å². The maximum absolute atomic E-state index is 10.9. The lowest BCUT2D eigenvalue weighted by molar-refractivity contribution is -0.136. The smallest absolute Gasteiger partial charge is 0.312 e. The molecule has 6 heteroatoms. The minimum atomic E-state index is -0.154. The summed E-state index contributed by atoms with van der Waals surface area (Å²) in [5, 5.41) is 0. The van der Waals surface area contributed by atoms with Crippen molar-refractivity contribution in [3.8, 4) is 0 Å². The molecular formula is C4H13O2P3S. The van der Waals surface area contributed by atoms with Gasteiger partial charge in [-0.2, -0.15) is 12.6 Å². The molecule has 0 amide bonds. The number of carbonyl (C=O) groups is 1. The summed E-state index contributed by atoms with van der Waals surface area (Å²) in [7, 11) is 5.03. The van der Waals surface area contributed by atoms with Crippen molar-refractivity contribution >= 4 is 45.3 Å². The summed E-state index contributed by atoms with van der Waals surface area (Å²) >= 11 is 4.01. The summed E-state index contributed by atoms with van der Waals surface area (Å²) in [5.74, 6) is 0.331. The van der Waals surface area contributed by atoms with Gasteiger partial charge in [-0.25, -0.2) is 0 Å². The van der Waals surface area contributed by atoms with Crippen molar-refractivity contribution in [3.05, 3.63) is 0 Å². The molecule has 0 aliphatic rings. The maximum atomic E-state index is 10.9. The molecule has 0 fully saturated rings. The number of carbonyl (C=O) groups excluding carboxylic acids is 1. The third-order valence-corrected chi connectivity index (χ3v) is 2.68. The van der Waals surface area contributed by atoms with Gasteiger partial charge in [-0.3, -0.25) is 4.79 Å². The standard InChI is InChI=1S/C4H11O2P3S.H2/c5-4(6-9-8)3(1-7)2-10;/h3,9-10H,1-2,7-8H2;1H/i;1+1. The van der Waals surface area contributed by atoms with Gasteiger partial charge in [0.15, 0.2) is 0 Å². The Kier molecular flexibility index (Phi) is 7.55. The van der Waals surface area contributed by atoms with E-state index in [4.69, 9.17) is 4.52 Å². The first-order chi connectivity index (χ1) is 4.76. The van der Waals surface area contributed by atoms with Gasteiger partial charge < -0.3 is 4.52 Å². The molecular weight excluding hydrogens is 205 g/mol. The Morgan fingerprint density at radius 3 is 2.80 bits per heavy atom. The van der Waals surface area contributed by atoms with Gasteiger partial charge in [-0.1, -0.05) is 8.93 Å². The normalized spacial score (nSPS) is 13.9. The molecule has 0 aromatic rings. The molecule has 0 aromatic carbocycles. The van der Waals surface area contributed by atoms with Crippen LogP contribution in [0.5, 0.6) is 0 Å². The first kappa shape index (κ1) is 11.1. The van der Waals surface area contributed by atoms with Crippen LogP contribution in [0.25, 0.3) is 0 Å². The third kappa shape index (κ3) is 4.09. The van der Waals surface area contributed by atoms with Crippen LogP contribution in [0.3, 0.4) is 0 Å². The van der Waals surface area contributed by atoms with Crippen LogP contribution in [0.4, 0.5) is 0 Å². The molecule has 10 heavy (non-hydrogen) atoms. The Balaban J connectivity index is 0. The molecule has 4 unspecified atom stereocenters. The van der Waals surface area contributed by atoms with Crippen LogP contribution in [0, 0.1) is 5.92 Å². The highest BCUT2D eigenvalue weighted by molar-refractivity contribution is 8.00. The summed E-state index contributed by atoms with van der Waals surface area (Å²) < 4.78 is 4.78. The maximum Gasteiger partial charge on any atom is 0.312 e. The molecule has 0 radical (unpaired) electrons. The SMILES string of the molecule is O=C(OPP)C(CP)CS.[2HH]. The lowest BCUT2D eigenvalue weighted by Crippen LogP contribution is -2.17. The summed E-state index contributed by atoms with van der Waals surface area (Å²) in [6, 6.07) is 0. The average Bonchev–Trinajstić information content (AvgIpc) is 1.91. The lowest BCUT2D eigenvalue weighted by Gasteiger charge is -2.08. The highest BCUT2D eigenvalue weighted by atomic mass is 32.1. The van der Waals surface area contributed by atoms with E-state index in [0.29, 0.717) is 5.75 Å². The van der Waals surface area contributed by atoms with Crippen molar-refractivity contribution < 1.29 is 10.7 Å². The number of hydrogen-bond acceptors (Lipinski definition) is 3. The van der Waals surface area contributed by atoms with E-state index < -0.39 is 0 Å². The van der Waals surface area contributed by atoms with Crippen LogP contribution in [-0.2, 0) is 9.32 Å². The molecule has 0 rings (SSSR count). The van der Waals surface area contributed by atoms with E-state index in [1.165, 1.54) is 0 Å². The zero-order valence-electron chi connectivity index (χ0n) is 5.41. The molecule has 0 N–H and O–H groups in total. The molecule has 0 saturated heterocycles. The Morgan fingerprint density at radius 1 is 1.90 bits per heavy atom. The van der Waals surface area contributed by atoms with E-state index in [1.807, 2.05) is 0 Å². The zero-order chi connectivity index (χ0) is 7.98. The molecule has 0 aliphatic carbocycles. The van der Waals surface area contributed by atoms with E-state index in [9.17, 15) is 4.79 Å². The van der Waals surface area contributed by atoms with Crippen molar-refractivity contribution in [2.75, 3.05) is 11.9 Å². The molecule has 2 nitrogen and oxygen atoms in total. The van der Waals surface area contributed by atoms with Crippen molar-refractivity contribution in [1.29, 1.82) is 0 Å². The van der Waals surface area contributed by atoms with Gasteiger partial charge in [0.1, 0.15) is 0 Å². The Labute approximate surface area is 74.3 Å². The van der Waals surface area contributed by atoms with Gasteiger partial charge in [-0.05, 0) is 6.16 Å². The second-order valence-corrected chi connectivity index (χ2v) is 3.64. The van der Waals surface area contributed by atoms with Crippen molar-refractivity contribution in [2.45, 2.75) is 0 Å². The van der Waals surface area contributed by atoms with Crippen LogP contribution >= 0.6 is 39.3 Å². The fourth-order valence-electron chi connectivity index (χ4n) is 0.387. The van der Waals surface area contributed by atoms with E-state index >= 15 is 0 Å². The Hall–Kier alpha value is 1.11. The van der Waals surface area contributed by atoms with Crippen molar-refractivity contribution in [3.63, 3.8) is 0 Å². The van der Waals surface area contributed by atoms with Crippen LogP contribution < -0.4 is 0 Å². The van der Waals surface area contributed by atoms with Crippen LogP contribution in [-0.4, -0.2) is 17.9 Å². The summed E-state index contributed by atoms with van der Waals surface area (Å²) in [6.45, 7) is 0. The first-order valence-electron chi connectivity index (χ1n) is 2.73. The molecule has 0 heterocycles. The van der Waals surface area contributed by atoms with Gasteiger partial charge in [0.2, 0.25) is 0 Å². The third-order valence-electron chi connectivity index (χ3n) is 0.998. The molecule has 62 valence electrons. The molecule has 0 spiro atoms. The monoisotopic (exact) mass is 219 g/mol. The molecule has 0 bridgehead atoms. The van der Waals surface area contributed by atoms with E-state index in [2.05, 4.69) is 30.8 Å². The van der Waals surface area contributed by atoms with Gasteiger partial charge in [0.25, 0.3) is 0 Å². The second kappa shape index (κ2) is 6.80. The summed E-state index contributed by atoms with van der Waals surface area (Å²) in [4.78, 5) is 10.9. The van der Waals surface area contributed by atoms with Crippen LogP contribution in [0.1, 0.15) is 1.43 Å². The van der Waals surface area contributed by atoms with Gasteiger partial charge >= 0.3 is 5.97 Å². The van der Waals surface area contributed by atoms with E-state index in [-0.39, 0.29) is 21.8 Å². The predicted molar refractivity (Wildman–Crippen MR) is 58.2 cm³/mol. The summed E-state index contributed by atoms with van der Waals surface area (Å²) in [6.07, 6.45) is 0.720. The van der Waals surface area contributed by atoms with Crippen LogP contribution in [0.2, 0.25) is 0 Å². The largest absolute Gasteiger partial charge is 0.444 e. The number of rotatable bonds is 4. The average molecular weight is 219 g/mol. The fraction of sp³-hybridized carbons (Fsp3) is 0.750. The van der Waals surface area contributed by atoms with Crippen molar-refractivity contribution in [2.24, 2.45) is 5.92 Å². The zero-order valence-corrected chi connectivity index (χ0v) is 9.61. The number of hydrogen-bond donors (Lipinski definition) is 1. The lowest BCUT2D eigenvalue weighted by atomic mass is 10.2. The highest BCUT2D eigenvalue weighted by Gasteiger charge is 2.14. The van der Waals surface area contributed by atoms with E-state index in [0.717, 1.165) is 6.16 Å². The minimum absolute atomic E-state index is 0. The molecule has 0 aromatic heterocycles. The Morgan fingerprint density at radius 2 is 2.50 bits per heavy atom. The number of thiol groups is 1. The fourth-order valence-corrected chi connectivity index (χ4v) is 1.96. The highest BCUT2D eigenvalue weighted by Crippen LogP contribution is 2.23. The minimum Gasteiger partial charge on any atom is -0.444 e. The Bertz CT molecular complexity index is 112.